The monoisotopic (exact) mass is 495 g/mol. The average Bonchev–Trinajstić information content (AvgIpc) is 3.52. The van der Waals surface area contributed by atoms with E-state index < -0.39 is 0 Å². The van der Waals surface area contributed by atoms with Crippen molar-refractivity contribution in [1.82, 2.24) is 20.1 Å². The number of ether oxygens (including phenoxy) is 1. The lowest BCUT2D eigenvalue weighted by Crippen LogP contribution is -2.37. The zero-order valence-electron chi connectivity index (χ0n) is 20.8. The van der Waals surface area contributed by atoms with Gasteiger partial charge in [-0.15, -0.1) is 5.53 Å². The highest BCUT2D eigenvalue weighted by molar-refractivity contribution is 6.09. The van der Waals surface area contributed by atoms with Crippen LogP contribution in [0.1, 0.15) is 5.56 Å². The number of aromatic nitrogens is 2. The maximum atomic E-state index is 6.39. The van der Waals surface area contributed by atoms with E-state index in [2.05, 4.69) is 75.9 Å². The van der Waals surface area contributed by atoms with Gasteiger partial charge in [-0.25, -0.2) is 4.98 Å². The lowest BCUT2D eigenvalue weighted by Gasteiger charge is -2.21. The minimum absolute atomic E-state index is 0.758. The number of nitrogens with zero attached hydrogens (tertiary/aromatic N) is 4. The van der Waals surface area contributed by atoms with E-state index in [1.54, 1.807) is 0 Å². The second-order valence-corrected chi connectivity index (χ2v) is 9.23. The van der Waals surface area contributed by atoms with Gasteiger partial charge in [-0.2, -0.15) is 0 Å². The van der Waals surface area contributed by atoms with Crippen molar-refractivity contribution in [3.8, 4) is 17.3 Å². The predicted octanol–water partition coefficient (Wildman–Crippen LogP) is 7.14. The summed E-state index contributed by atoms with van der Waals surface area (Å²) in [6, 6.07) is 39.0. The molecule has 0 atom stereocenters. The van der Waals surface area contributed by atoms with E-state index >= 15 is 0 Å². The summed E-state index contributed by atoms with van der Waals surface area (Å²) in [5, 5.41) is 6.35. The molecule has 7 rings (SSSR count). The largest absolute Gasteiger partial charge is 0.457 e. The summed E-state index contributed by atoms with van der Waals surface area (Å²) in [7, 11) is 2.01. The molecule has 6 heteroatoms. The molecule has 0 fully saturated rings. The molecule has 6 nitrogen and oxygen atoms in total. The Kier molecular flexibility index (Phi) is 5.31. The summed E-state index contributed by atoms with van der Waals surface area (Å²) in [5.74, 6) is 2.40. The third-order valence-electron chi connectivity index (χ3n) is 6.80. The predicted molar refractivity (Wildman–Crippen MR) is 153 cm³/mol. The van der Waals surface area contributed by atoms with Crippen molar-refractivity contribution in [3.05, 3.63) is 133 Å². The smallest absolute Gasteiger partial charge is 0.137 e. The van der Waals surface area contributed by atoms with E-state index in [-0.39, 0.29) is 0 Å². The molecule has 38 heavy (non-hydrogen) atoms. The second kappa shape index (κ2) is 9.10. The van der Waals surface area contributed by atoms with Gasteiger partial charge in [-0.1, -0.05) is 60.7 Å². The molecule has 3 heterocycles. The van der Waals surface area contributed by atoms with Crippen LogP contribution in [-0.4, -0.2) is 21.6 Å². The molecule has 0 saturated heterocycles. The van der Waals surface area contributed by atoms with Gasteiger partial charge in [0, 0.05) is 47.9 Å². The van der Waals surface area contributed by atoms with Gasteiger partial charge in [-0.3, -0.25) is 14.6 Å². The van der Waals surface area contributed by atoms with Gasteiger partial charge in [0.25, 0.3) is 0 Å². The van der Waals surface area contributed by atoms with Crippen LogP contribution in [0.5, 0.6) is 11.5 Å². The summed E-state index contributed by atoms with van der Waals surface area (Å²) in [5.41, 5.74) is 8.76. The minimum Gasteiger partial charge on any atom is -0.457 e. The fourth-order valence-electron chi connectivity index (χ4n) is 5.04. The van der Waals surface area contributed by atoms with Crippen LogP contribution in [0.15, 0.2) is 128 Å². The molecule has 6 aromatic rings. The highest BCUT2D eigenvalue weighted by Gasteiger charge is 2.20. The van der Waals surface area contributed by atoms with E-state index in [1.807, 2.05) is 83.9 Å². The van der Waals surface area contributed by atoms with Crippen molar-refractivity contribution < 1.29 is 4.74 Å². The van der Waals surface area contributed by atoms with Gasteiger partial charge < -0.3 is 4.74 Å². The van der Waals surface area contributed by atoms with Gasteiger partial charge in [0.2, 0.25) is 0 Å². The molecule has 4 aromatic carbocycles. The Morgan fingerprint density at radius 3 is 2.34 bits per heavy atom. The molecule has 2 aromatic heterocycles. The zero-order chi connectivity index (χ0) is 25.5. The van der Waals surface area contributed by atoms with Gasteiger partial charge in [0.1, 0.15) is 17.3 Å². The summed E-state index contributed by atoms with van der Waals surface area (Å²) >= 11 is 0. The summed E-state index contributed by atoms with van der Waals surface area (Å²) in [6.45, 7) is 0. The van der Waals surface area contributed by atoms with Crippen LogP contribution < -0.4 is 15.3 Å². The first-order chi connectivity index (χ1) is 18.7. The maximum Gasteiger partial charge on any atom is 0.137 e. The average molecular weight is 496 g/mol. The number of pyridine rings is 1. The summed E-state index contributed by atoms with van der Waals surface area (Å²) in [4.78, 5) is 4.63. The third kappa shape index (κ3) is 3.84. The lowest BCUT2D eigenvalue weighted by molar-refractivity contribution is 0.375. The first kappa shape index (κ1) is 22.2. The fourth-order valence-corrected chi connectivity index (χ4v) is 5.04. The molecular formula is C32H25N5O. The number of hydrogen-bond acceptors (Lipinski definition) is 5. The minimum atomic E-state index is 0.758. The van der Waals surface area contributed by atoms with Crippen molar-refractivity contribution in [2.45, 2.75) is 0 Å². The molecule has 0 saturated carbocycles. The number of fused-ring (bicyclic) bond motifs is 3. The van der Waals surface area contributed by atoms with E-state index in [0.29, 0.717) is 0 Å². The van der Waals surface area contributed by atoms with Crippen LogP contribution in [0.25, 0.3) is 33.3 Å². The Labute approximate surface area is 220 Å². The maximum absolute atomic E-state index is 6.39. The van der Waals surface area contributed by atoms with Crippen LogP contribution in [0, 0.1) is 0 Å². The fraction of sp³-hybridized carbons (Fsp3) is 0.0312. The van der Waals surface area contributed by atoms with Crippen LogP contribution >= 0.6 is 0 Å². The number of hydrazine groups is 2. The molecule has 1 aliphatic heterocycles. The molecule has 0 radical (unpaired) electrons. The number of rotatable bonds is 5. The van der Waals surface area contributed by atoms with Gasteiger partial charge >= 0.3 is 0 Å². The first-order valence-corrected chi connectivity index (χ1v) is 12.5. The highest BCUT2D eigenvalue weighted by atomic mass is 16.5. The molecule has 184 valence electrons. The molecule has 0 aliphatic carbocycles. The Morgan fingerprint density at radius 2 is 1.47 bits per heavy atom. The number of hydrogen-bond donors (Lipinski definition) is 1. The zero-order valence-corrected chi connectivity index (χ0v) is 20.8. The SMILES string of the molecule is CN1NN(c2cccc(Oc3ccc4c5ccccc5n(-c5ccccn5)c4c3)c2)C=C1c1ccccc1. The molecule has 0 spiro atoms. The van der Waals surface area contributed by atoms with Crippen molar-refractivity contribution >= 4 is 33.2 Å². The van der Waals surface area contributed by atoms with Crippen LogP contribution in [-0.2, 0) is 0 Å². The lowest BCUT2D eigenvalue weighted by atomic mass is 10.1. The van der Waals surface area contributed by atoms with E-state index in [9.17, 15) is 0 Å². The number of benzene rings is 4. The Bertz CT molecular complexity index is 1790. The van der Waals surface area contributed by atoms with Gasteiger partial charge in [0.15, 0.2) is 0 Å². The van der Waals surface area contributed by atoms with Crippen molar-refractivity contribution in [2.75, 3.05) is 12.1 Å². The quantitative estimate of drug-likeness (QED) is 0.275. The topological polar surface area (TPSA) is 45.6 Å². The Morgan fingerprint density at radius 1 is 0.684 bits per heavy atom. The molecule has 1 N–H and O–H groups in total. The van der Waals surface area contributed by atoms with Crippen molar-refractivity contribution in [2.24, 2.45) is 0 Å². The molecule has 0 unspecified atom stereocenters. The van der Waals surface area contributed by atoms with Gasteiger partial charge in [-0.05, 0) is 42.5 Å². The molecule has 0 amide bonds. The van der Waals surface area contributed by atoms with Gasteiger partial charge in [0.05, 0.1) is 22.4 Å². The molecule has 0 bridgehead atoms. The van der Waals surface area contributed by atoms with E-state index in [4.69, 9.17) is 4.74 Å². The summed E-state index contributed by atoms with van der Waals surface area (Å²) in [6.07, 6.45) is 3.91. The third-order valence-corrected chi connectivity index (χ3v) is 6.80. The van der Waals surface area contributed by atoms with Crippen molar-refractivity contribution in [3.63, 3.8) is 0 Å². The Balaban J connectivity index is 1.24. The van der Waals surface area contributed by atoms with Crippen LogP contribution in [0.3, 0.4) is 0 Å². The standard InChI is InChI=1S/C32H25N5O/c1-35-31(23-10-3-2-4-11-23)22-36(34-35)24-12-9-13-25(20-24)38-26-17-18-28-27-14-5-6-15-29(27)37(30(28)21-26)32-16-7-8-19-33-32/h2-22,34H,1H3. The summed E-state index contributed by atoms with van der Waals surface area (Å²) < 4.78 is 8.58. The molecular weight excluding hydrogens is 470 g/mol. The van der Waals surface area contributed by atoms with Crippen LogP contribution in [0.2, 0.25) is 0 Å². The van der Waals surface area contributed by atoms with Crippen LogP contribution in [0.4, 0.5) is 5.69 Å². The number of anilines is 1. The highest BCUT2D eigenvalue weighted by Crippen LogP contribution is 2.35. The van der Waals surface area contributed by atoms with E-state index in [0.717, 1.165) is 50.7 Å². The first-order valence-electron chi connectivity index (χ1n) is 12.5. The second-order valence-electron chi connectivity index (χ2n) is 9.23. The van der Waals surface area contributed by atoms with Crippen molar-refractivity contribution in [1.29, 1.82) is 0 Å². The normalized spacial score (nSPS) is 13.3. The Hall–Kier alpha value is -5.07. The van der Waals surface area contributed by atoms with E-state index in [1.165, 1.54) is 5.39 Å². The molecule has 1 aliphatic rings. The number of nitrogens with one attached hydrogen (secondary N) is 1. The number of para-hydroxylation sites is 1.